The van der Waals surface area contributed by atoms with Crippen molar-refractivity contribution in [3.8, 4) is 5.75 Å². The van der Waals surface area contributed by atoms with Crippen LogP contribution < -0.4 is 15.3 Å². The summed E-state index contributed by atoms with van der Waals surface area (Å²) >= 11 is 0. The monoisotopic (exact) mass is 606 g/mol. The van der Waals surface area contributed by atoms with E-state index in [9.17, 15) is 19.3 Å². The van der Waals surface area contributed by atoms with Gasteiger partial charge >= 0.3 is 19.7 Å². The van der Waals surface area contributed by atoms with Gasteiger partial charge in [0.25, 0.3) is 0 Å². The Morgan fingerprint density at radius 2 is 1.60 bits per heavy atom. The van der Waals surface area contributed by atoms with E-state index in [-0.39, 0.29) is 25.2 Å². The SMILES string of the molecule is CCCCCCCCc1ccc(CCC(N)(CO)COP(=O)(NC(CCC(=O)O)C(=O)OC)Oc2ccccc2)cc1. The summed E-state index contributed by atoms with van der Waals surface area (Å²) in [5.41, 5.74) is 7.52. The number of hydrogen-bond donors (Lipinski definition) is 4. The Bertz CT molecular complexity index is 1120. The molecule has 3 atom stereocenters. The van der Waals surface area contributed by atoms with Crippen LogP contribution in [0, 0.1) is 0 Å². The lowest BCUT2D eigenvalue weighted by Gasteiger charge is -2.30. The fourth-order valence-corrected chi connectivity index (χ4v) is 5.95. The van der Waals surface area contributed by atoms with Crippen LogP contribution in [-0.2, 0) is 36.3 Å². The molecule has 2 rings (SSSR count). The van der Waals surface area contributed by atoms with Crippen LogP contribution in [0.2, 0.25) is 0 Å². The Morgan fingerprint density at radius 1 is 0.976 bits per heavy atom. The second kappa shape index (κ2) is 18.7. The second-order valence-corrected chi connectivity index (χ2v) is 12.4. The van der Waals surface area contributed by atoms with E-state index in [0.29, 0.717) is 12.8 Å². The number of nitrogens with two attached hydrogens (primary N) is 1. The molecule has 0 fully saturated rings. The lowest BCUT2D eigenvalue weighted by atomic mass is 9.93. The standard InChI is InChI=1S/C31H47N2O8P/c1-3-4-5-6-7-9-12-25-15-17-26(18-16-25)21-22-31(32,23-34)24-40-42(38,41-27-13-10-8-11-14-27)33-28(30(37)39-2)19-20-29(35)36/h8,10-11,13-18,28,34H,3-7,9,12,19-24,32H2,1-2H3,(H,33,38)(H,35,36). The number of aliphatic hydroxyl groups is 1. The summed E-state index contributed by atoms with van der Waals surface area (Å²) in [4.78, 5) is 23.4. The highest BCUT2D eigenvalue weighted by Gasteiger charge is 2.37. The van der Waals surface area contributed by atoms with E-state index in [2.05, 4.69) is 36.3 Å². The van der Waals surface area contributed by atoms with Gasteiger partial charge in [-0.2, -0.15) is 5.09 Å². The highest BCUT2D eigenvalue weighted by Crippen LogP contribution is 2.46. The molecule has 0 spiro atoms. The predicted molar refractivity (Wildman–Crippen MR) is 162 cm³/mol. The Hall–Kier alpha value is -2.75. The number of methoxy groups -OCH3 is 1. The first kappa shape index (κ1) is 35.4. The number of hydrogen-bond acceptors (Lipinski definition) is 8. The van der Waals surface area contributed by atoms with Crippen molar-refractivity contribution in [2.24, 2.45) is 5.73 Å². The number of carbonyl (C=O) groups excluding carboxylic acids is 1. The third-order valence-electron chi connectivity index (χ3n) is 7.01. The fraction of sp³-hybridized carbons (Fsp3) is 0.548. The number of carbonyl (C=O) groups is 2. The number of rotatable bonds is 22. The van der Waals surface area contributed by atoms with E-state index in [1.807, 2.05) is 0 Å². The molecule has 234 valence electrons. The summed E-state index contributed by atoms with van der Waals surface area (Å²) < 4.78 is 29.9. The maximum Gasteiger partial charge on any atom is 0.459 e. The number of ether oxygens (including phenoxy) is 1. The van der Waals surface area contributed by atoms with Crippen LogP contribution in [-0.4, -0.2) is 54.1 Å². The van der Waals surface area contributed by atoms with Gasteiger partial charge < -0.3 is 25.2 Å². The molecule has 2 aromatic rings. The molecular formula is C31H47N2O8P. The summed E-state index contributed by atoms with van der Waals surface area (Å²) in [6.45, 7) is 1.41. The van der Waals surface area contributed by atoms with Crippen molar-refractivity contribution in [2.75, 3.05) is 20.3 Å². The Balaban J connectivity index is 2.04. The molecule has 0 saturated carbocycles. The van der Waals surface area contributed by atoms with Gasteiger partial charge in [-0.15, -0.1) is 0 Å². The zero-order valence-electron chi connectivity index (χ0n) is 24.8. The third-order valence-corrected chi connectivity index (χ3v) is 8.55. The van der Waals surface area contributed by atoms with Crippen molar-refractivity contribution >= 4 is 19.7 Å². The molecule has 0 aliphatic carbocycles. The molecular weight excluding hydrogens is 559 g/mol. The first-order valence-corrected chi connectivity index (χ1v) is 16.2. The van der Waals surface area contributed by atoms with Crippen LogP contribution in [0.15, 0.2) is 54.6 Å². The van der Waals surface area contributed by atoms with Crippen molar-refractivity contribution in [1.29, 1.82) is 0 Å². The number of benzene rings is 2. The number of carboxylic acids is 1. The average molecular weight is 607 g/mol. The number of carboxylic acid groups (broad SMARTS) is 1. The molecule has 5 N–H and O–H groups in total. The molecule has 11 heteroatoms. The first-order chi connectivity index (χ1) is 20.1. The van der Waals surface area contributed by atoms with Gasteiger partial charge in [-0.1, -0.05) is 81.5 Å². The van der Waals surface area contributed by atoms with Gasteiger partial charge in [-0.3, -0.25) is 14.1 Å². The van der Waals surface area contributed by atoms with Gasteiger partial charge in [0, 0.05) is 6.42 Å². The molecule has 0 amide bonds. The lowest BCUT2D eigenvalue weighted by Crippen LogP contribution is -2.49. The Kier molecular flexibility index (Phi) is 15.8. The summed E-state index contributed by atoms with van der Waals surface area (Å²) in [6.07, 6.45) is 8.85. The number of esters is 1. The molecule has 0 heterocycles. The average Bonchev–Trinajstić information content (AvgIpc) is 2.99. The summed E-state index contributed by atoms with van der Waals surface area (Å²) in [7, 11) is -3.15. The van der Waals surface area contributed by atoms with Crippen molar-refractivity contribution in [3.63, 3.8) is 0 Å². The van der Waals surface area contributed by atoms with Crippen LogP contribution >= 0.6 is 7.75 Å². The number of aliphatic carboxylic acids is 1. The van der Waals surface area contributed by atoms with E-state index in [0.717, 1.165) is 19.1 Å². The van der Waals surface area contributed by atoms with Crippen molar-refractivity contribution < 1.29 is 38.2 Å². The molecule has 2 aromatic carbocycles. The zero-order valence-corrected chi connectivity index (χ0v) is 25.7. The molecule has 0 radical (unpaired) electrons. The molecule has 0 aliphatic heterocycles. The minimum Gasteiger partial charge on any atom is -0.481 e. The maximum absolute atomic E-state index is 13.8. The molecule has 0 aromatic heterocycles. The zero-order chi connectivity index (χ0) is 30.8. The smallest absolute Gasteiger partial charge is 0.459 e. The van der Waals surface area contributed by atoms with Crippen LogP contribution in [0.25, 0.3) is 0 Å². The van der Waals surface area contributed by atoms with Crippen molar-refractivity contribution in [2.45, 2.75) is 89.1 Å². The largest absolute Gasteiger partial charge is 0.481 e. The van der Waals surface area contributed by atoms with E-state index in [1.165, 1.54) is 44.1 Å². The normalized spacial score (nSPS) is 14.9. The molecule has 42 heavy (non-hydrogen) atoms. The number of unbranched alkanes of at least 4 members (excludes halogenated alkanes) is 5. The van der Waals surface area contributed by atoms with Crippen molar-refractivity contribution in [1.82, 2.24) is 5.09 Å². The van der Waals surface area contributed by atoms with Crippen LogP contribution in [0.1, 0.15) is 75.8 Å². The van der Waals surface area contributed by atoms with Crippen LogP contribution in [0.3, 0.4) is 0 Å². The third kappa shape index (κ3) is 13.5. The number of para-hydroxylation sites is 1. The Morgan fingerprint density at radius 3 is 2.19 bits per heavy atom. The van der Waals surface area contributed by atoms with Gasteiger partial charge in [-0.05, 0) is 55.4 Å². The van der Waals surface area contributed by atoms with Crippen LogP contribution in [0.4, 0.5) is 0 Å². The summed E-state index contributed by atoms with van der Waals surface area (Å²) in [5.74, 6) is -1.76. The van der Waals surface area contributed by atoms with E-state index in [1.54, 1.807) is 30.3 Å². The number of aryl methyl sites for hydroxylation is 2. The fourth-order valence-electron chi connectivity index (χ4n) is 4.33. The molecule has 3 unspecified atom stereocenters. The molecule has 0 aliphatic rings. The van der Waals surface area contributed by atoms with Gasteiger partial charge in [0.2, 0.25) is 0 Å². The van der Waals surface area contributed by atoms with Gasteiger partial charge in [0.1, 0.15) is 11.8 Å². The van der Waals surface area contributed by atoms with E-state index >= 15 is 0 Å². The minimum atomic E-state index is -4.29. The topological polar surface area (TPSA) is 157 Å². The minimum absolute atomic E-state index is 0.197. The molecule has 0 bridgehead atoms. The highest BCUT2D eigenvalue weighted by molar-refractivity contribution is 7.52. The van der Waals surface area contributed by atoms with Gasteiger partial charge in [0.05, 0.1) is 25.9 Å². The highest BCUT2D eigenvalue weighted by atomic mass is 31.2. The molecule has 0 saturated heterocycles. The van der Waals surface area contributed by atoms with E-state index in [4.69, 9.17) is 24.6 Å². The number of nitrogens with one attached hydrogen (secondary N) is 1. The first-order valence-electron chi connectivity index (χ1n) is 14.7. The van der Waals surface area contributed by atoms with Crippen molar-refractivity contribution in [3.05, 3.63) is 65.7 Å². The summed E-state index contributed by atoms with van der Waals surface area (Å²) in [6, 6.07) is 15.3. The summed E-state index contributed by atoms with van der Waals surface area (Å²) in [5, 5.41) is 21.7. The van der Waals surface area contributed by atoms with Gasteiger partial charge in [0.15, 0.2) is 0 Å². The number of aliphatic hydroxyl groups excluding tert-OH is 1. The second-order valence-electron chi connectivity index (χ2n) is 10.7. The molecule has 10 nitrogen and oxygen atoms in total. The maximum atomic E-state index is 13.8. The Labute approximate surface area is 249 Å². The van der Waals surface area contributed by atoms with Gasteiger partial charge in [-0.25, -0.2) is 4.57 Å². The predicted octanol–water partition coefficient (Wildman–Crippen LogP) is 5.41. The lowest BCUT2D eigenvalue weighted by molar-refractivity contribution is -0.143. The quantitative estimate of drug-likeness (QED) is 0.0776. The van der Waals surface area contributed by atoms with Crippen LogP contribution in [0.5, 0.6) is 5.75 Å². The van der Waals surface area contributed by atoms with E-state index < -0.39 is 37.9 Å².